The molecule has 1 saturated carbocycles. The Morgan fingerprint density at radius 2 is 2.44 bits per heavy atom. The quantitative estimate of drug-likeness (QED) is 0.779. The van der Waals surface area contributed by atoms with Crippen LogP contribution >= 0.6 is 0 Å². The summed E-state index contributed by atoms with van der Waals surface area (Å²) >= 11 is 0. The Morgan fingerprint density at radius 3 is 3.06 bits per heavy atom. The molecular formula is C12H18N2O4. The molecule has 0 saturated heterocycles. The van der Waals surface area contributed by atoms with Crippen molar-refractivity contribution in [3.05, 3.63) is 17.5 Å². The van der Waals surface area contributed by atoms with Gasteiger partial charge in [0.2, 0.25) is 0 Å². The average molecular weight is 254 g/mol. The average Bonchev–Trinajstić information content (AvgIpc) is 3.04. The van der Waals surface area contributed by atoms with Gasteiger partial charge < -0.3 is 19.7 Å². The van der Waals surface area contributed by atoms with Gasteiger partial charge in [-0.15, -0.1) is 0 Å². The van der Waals surface area contributed by atoms with Gasteiger partial charge in [0.1, 0.15) is 11.4 Å². The van der Waals surface area contributed by atoms with Crippen LogP contribution in [0.15, 0.2) is 10.6 Å². The molecule has 1 aliphatic rings. The Bertz CT molecular complexity index is 423. The lowest BCUT2D eigenvalue weighted by atomic mass is 10.1. The Balaban J connectivity index is 1.86. The maximum atomic E-state index is 11.8. The third-order valence-electron chi connectivity index (χ3n) is 2.83. The molecule has 1 aromatic rings. The largest absolute Gasteiger partial charge is 0.386 e. The highest BCUT2D eigenvalue weighted by Crippen LogP contribution is 2.40. The number of nitrogens with zero attached hydrogens (tertiary/aromatic N) is 1. The van der Waals surface area contributed by atoms with Gasteiger partial charge in [-0.25, -0.2) is 0 Å². The van der Waals surface area contributed by atoms with E-state index in [9.17, 15) is 9.90 Å². The highest BCUT2D eigenvalue weighted by molar-refractivity contribution is 5.92. The Kier molecular flexibility index (Phi) is 3.68. The molecule has 18 heavy (non-hydrogen) atoms. The fourth-order valence-electron chi connectivity index (χ4n) is 1.68. The zero-order valence-electron chi connectivity index (χ0n) is 10.6. The summed E-state index contributed by atoms with van der Waals surface area (Å²) in [5, 5.41) is 16.2. The number of hydrogen-bond acceptors (Lipinski definition) is 5. The molecule has 6 heteroatoms. The predicted molar refractivity (Wildman–Crippen MR) is 63.3 cm³/mol. The number of ether oxygens (including phenoxy) is 1. The number of methoxy groups -OCH3 is 1. The minimum absolute atomic E-state index is 0.102. The lowest BCUT2D eigenvalue weighted by molar-refractivity contribution is -0.0147. The second-order valence-electron chi connectivity index (χ2n) is 5.00. The summed E-state index contributed by atoms with van der Waals surface area (Å²) < 4.78 is 9.94. The van der Waals surface area contributed by atoms with E-state index < -0.39 is 5.60 Å². The minimum Gasteiger partial charge on any atom is -0.386 e. The van der Waals surface area contributed by atoms with E-state index in [2.05, 4.69) is 10.5 Å². The van der Waals surface area contributed by atoms with Crippen molar-refractivity contribution in [1.29, 1.82) is 0 Å². The zero-order valence-corrected chi connectivity index (χ0v) is 10.6. The SMILES string of the molecule is COC[C@](C)(O)CNC(=O)c1cc(C2CC2)on1. The van der Waals surface area contributed by atoms with Crippen molar-refractivity contribution < 1.29 is 19.2 Å². The molecule has 100 valence electrons. The van der Waals surface area contributed by atoms with Crippen molar-refractivity contribution in [3.63, 3.8) is 0 Å². The van der Waals surface area contributed by atoms with Crippen LogP contribution in [0.25, 0.3) is 0 Å². The lowest BCUT2D eigenvalue weighted by Gasteiger charge is -2.22. The molecule has 0 radical (unpaired) electrons. The molecule has 1 aliphatic carbocycles. The highest BCUT2D eigenvalue weighted by Gasteiger charge is 2.29. The maximum absolute atomic E-state index is 11.8. The van der Waals surface area contributed by atoms with Gasteiger partial charge in [-0.2, -0.15) is 0 Å². The van der Waals surface area contributed by atoms with Crippen LogP contribution in [-0.4, -0.2) is 42.0 Å². The van der Waals surface area contributed by atoms with Crippen molar-refractivity contribution in [2.24, 2.45) is 0 Å². The number of carbonyl (C=O) groups excluding carboxylic acids is 1. The molecule has 0 aromatic carbocycles. The number of aromatic nitrogens is 1. The topological polar surface area (TPSA) is 84.6 Å². The molecule has 2 N–H and O–H groups in total. The van der Waals surface area contributed by atoms with E-state index in [1.165, 1.54) is 7.11 Å². The molecule has 2 rings (SSSR count). The Labute approximate surface area is 105 Å². The number of rotatable bonds is 6. The van der Waals surface area contributed by atoms with Crippen molar-refractivity contribution in [2.75, 3.05) is 20.3 Å². The smallest absolute Gasteiger partial charge is 0.273 e. The van der Waals surface area contributed by atoms with E-state index in [-0.39, 0.29) is 24.8 Å². The van der Waals surface area contributed by atoms with Crippen LogP contribution in [-0.2, 0) is 4.74 Å². The van der Waals surface area contributed by atoms with Gasteiger partial charge in [0.05, 0.1) is 6.61 Å². The van der Waals surface area contributed by atoms with Gasteiger partial charge in [-0.1, -0.05) is 5.16 Å². The number of aliphatic hydroxyl groups is 1. The van der Waals surface area contributed by atoms with Crippen LogP contribution in [0.4, 0.5) is 0 Å². The van der Waals surface area contributed by atoms with E-state index in [4.69, 9.17) is 9.26 Å². The molecule has 0 spiro atoms. The molecule has 1 atom stereocenters. The standard InChI is InChI=1S/C12H18N2O4/c1-12(16,7-17-2)6-13-11(15)9-5-10(18-14-9)8-3-4-8/h5,8,16H,3-4,6-7H2,1-2H3,(H,13,15)/t12-/m1/s1. The zero-order chi connectivity index (χ0) is 13.2. The molecule has 6 nitrogen and oxygen atoms in total. The lowest BCUT2D eigenvalue weighted by Crippen LogP contribution is -2.43. The first-order valence-electron chi connectivity index (χ1n) is 5.98. The van der Waals surface area contributed by atoms with Crippen LogP contribution in [0.1, 0.15) is 41.9 Å². The Hall–Kier alpha value is -1.40. The fourth-order valence-corrected chi connectivity index (χ4v) is 1.68. The van der Waals surface area contributed by atoms with Gasteiger partial charge in [-0.05, 0) is 19.8 Å². The molecule has 1 aromatic heterocycles. The molecule has 0 aliphatic heterocycles. The monoisotopic (exact) mass is 254 g/mol. The maximum Gasteiger partial charge on any atom is 0.273 e. The molecule has 0 bridgehead atoms. The second-order valence-corrected chi connectivity index (χ2v) is 5.00. The Morgan fingerprint density at radius 1 is 1.72 bits per heavy atom. The predicted octanol–water partition coefficient (Wildman–Crippen LogP) is 0.679. The van der Waals surface area contributed by atoms with Crippen molar-refractivity contribution in [1.82, 2.24) is 10.5 Å². The van der Waals surface area contributed by atoms with Crippen LogP contribution in [0.2, 0.25) is 0 Å². The van der Waals surface area contributed by atoms with Crippen LogP contribution in [0, 0.1) is 0 Å². The second kappa shape index (κ2) is 5.07. The molecular weight excluding hydrogens is 236 g/mol. The first-order valence-corrected chi connectivity index (χ1v) is 5.98. The molecule has 1 fully saturated rings. The van der Waals surface area contributed by atoms with E-state index >= 15 is 0 Å². The van der Waals surface area contributed by atoms with Gasteiger partial charge in [0.25, 0.3) is 5.91 Å². The van der Waals surface area contributed by atoms with Gasteiger partial charge in [0, 0.05) is 25.6 Å². The highest BCUT2D eigenvalue weighted by atomic mass is 16.5. The van der Waals surface area contributed by atoms with E-state index in [1.54, 1.807) is 13.0 Å². The van der Waals surface area contributed by atoms with E-state index in [1.807, 2.05) is 0 Å². The number of nitrogens with one attached hydrogen (secondary N) is 1. The van der Waals surface area contributed by atoms with Crippen molar-refractivity contribution in [2.45, 2.75) is 31.3 Å². The third kappa shape index (κ3) is 3.30. The van der Waals surface area contributed by atoms with Crippen molar-refractivity contribution in [3.8, 4) is 0 Å². The summed E-state index contributed by atoms with van der Waals surface area (Å²) in [6.07, 6.45) is 2.19. The van der Waals surface area contributed by atoms with Crippen molar-refractivity contribution >= 4 is 5.91 Å². The summed E-state index contributed by atoms with van der Waals surface area (Å²) in [6, 6.07) is 1.66. The third-order valence-corrected chi connectivity index (χ3v) is 2.83. The first kappa shape index (κ1) is 13.0. The van der Waals surface area contributed by atoms with Crippen LogP contribution < -0.4 is 5.32 Å². The van der Waals surface area contributed by atoms with E-state index in [0.29, 0.717) is 5.92 Å². The summed E-state index contributed by atoms with van der Waals surface area (Å²) in [7, 11) is 1.50. The van der Waals surface area contributed by atoms with Crippen LogP contribution in [0.5, 0.6) is 0 Å². The summed E-state index contributed by atoms with van der Waals surface area (Å²) in [4.78, 5) is 11.8. The molecule has 1 heterocycles. The normalized spacial score (nSPS) is 18.4. The summed E-state index contributed by atoms with van der Waals surface area (Å²) in [5.41, 5.74) is -0.835. The van der Waals surface area contributed by atoms with Gasteiger partial charge in [-0.3, -0.25) is 4.79 Å². The minimum atomic E-state index is -1.09. The summed E-state index contributed by atoms with van der Waals surface area (Å²) in [6.45, 7) is 1.85. The summed E-state index contributed by atoms with van der Waals surface area (Å²) in [5.74, 6) is 0.849. The van der Waals surface area contributed by atoms with Gasteiger partial charge >= 0.3 is 0 Å². The first-order chi connectivity index (χ1) is 8.52. The number of amides is 1. The van der Waals surface area contributed by atoms with Gasteiger partial charge in [0.15, 0.2) is 5.69 Å². The molecule has 1 amide bonds. The number of carbonyl (C=O) groups is 1. The number of hydrogen-bond donors (Lipinski definition) is 2. The van der Waals surface area contributed by atoms with E-state index in [0.717, 1.165) is 18.6 Å². The fraction of sp³-hybridized carbons (Fsp3) is 0.667. The van der Waals surface area contributed by atoms with Crippen LogP contribution in [0.3, 0.4) is 0 Å². The molecule has 0 unspecified atom stereocenters.